The van der Waals surface area contributed by atoms with Gasteiger partial charge in [0.2, 0.25) is 88.6 Å². The number of hydrogen-bond donors (Lipinski definition) is 25. The number of nitrogens with one attached hydrogen (secondary N) is 17. The van der Waals surface area contributed by atoms with E-state index in [4.69, 9.17) is 21.9 Å². The Balaban J connectivity index is 1.26. The molecule has 0 aliphatic carbocycles. The van der Waals surface area contributed by atoms with E-state index in [9.17, 15) is 112 Å². The highest BCUT2D eigenvalue weighted by atomic mass is 16.5. The van der Waals surface area contributed by atoms with Crippen molar-refractivity contribution in [3.05, 3.63) is 101 Å². The number of aliphatic hydroxyl groups excluding tert-OH is 1. The number of rotatable bonds is 39. The van der Waals surface area contributed by atoms with E-state index in [0.29, 0.717) is 42.3 Å². The molecule has 722 valence electrons. The van der Waals surface area contributed by atoms with Gasteiger partial charge in [0.15, 0.2) is 5.78 Å². The lowest BCUT2D eigenvalue weighted by Gasteiger charge is -2.30. The number of aliphatic carboxylic acids is 4. The summed E-state index contributed by atoms with van der Waals surface area (Å²) in [6.07, 6.45) is -2.37. The largest absolute Gasteiger partial charge is 0.481 e. The van der Waals surface area contributed by atoms with Crippen LogP contribution in [0.4, 0.5) is 5.69 Å². The Labute approximate surface area is 760 Å². The number of carbonyl (C=O) groups excluding carboxylic acids is 17. The highest BCUT2D eigenvalue weighted by Crippen LogP contribution is 2.28. The van der Waals surface area contributed by atoms with Crippen LogP contribution in [0, 0.1) is 5.92 Å². The van der Waals surface area contributed by atoms with Gasteiger partial charge in [0.25, 0.3) is 0 Å². The lowest BCUT2D eigenvalue weighted by atomic mass is 9.94. The van der Waals surface area contributed by atoms with Gasteiger partial charge in [-0.25, -0.2) is 4.79 Å². The number of aliphatic hydroxyl groups is 1. The standard InChI is InChI=1S/C86H116N20O27/c1-5-6-7-8-9-10-11-26-66(110)98-56(29-45-37-92-53-23-16-13-19-47(45)53)80(126)101-57(33-65(89)109)81(127)103-60(36-72(119)120)82(128)106-74-44(4)133-86(132)61(32-64(108)49-21-12-15-22-51(49)87)104-85(131)73(42(2)28-69(113)114)105-83(129)63(41-107)99-68(112)39-93-77(123)58(34-70(115)116)100-75(121)43(3)95-79(125)59(35-71(117)118)102-78(124)55(97-67(111)40-94-84(74)130)25-18-27-90-76(122)52(88)31-46-30-50-48-20-14-17-24-54(48)96-62(50)38-91-46/h12-17,19-24,37,42-44,46,52,55-61,63,73-74,91-92,96,107H,5-11,18,25-36,38-41,87-88H2,1-4H3,(H2,89,109)(H,90,122)(H,93,123)(H,94,130)(H,95,125)(H,97,111)(H,98,110)(H,99,112)(H,100,121)(H,101,126)(H,102,124)(H,103,127)(H,104,131)(H,105,129)(H,106,128)(H,113,114)(H,115,116)(H,117,118)(H,119,120)/t42-,43-,44?,46+,52?,55+,56+,57+,58+,59?,60+,61+,63-,73?,74?/m1/s1. The number of carboxylic acid groups (broad SMARTS) is 4. The van der Waals surface area contributed by atoms with Gasteiger partial charge in [-0.05, 0) is 87.3 Å². The molecule has 2 aliphatic heterocycles. The van der Waals surface area contributed by atoms with Crippen molar-refractivity contribution in [3.8, 4) is 0 Å². The first-order valence-electron chi connectivity index (χ1n) is 43.2. The number of carboxylic acids is 4. The van der Waals surface area contributed by atoms with E-state index >= 15 is 14.4 Å². The number of cyclic esters (lactones) is 1. The molecule has 5 unspecified atom stereocenters. The van der Waals surface area contributed by atoms with E-state index in [1.807, 2.05) is 40.2 Å². The van der Waals surface area contributed by atoms with E-state index in [1.54, 1.807) is 30.5 Å². The van der Waals surface area contributed by atoms with Gasteiger partial charge in [-0.2, -0.15) is 0 Å². The van der Waals surface area contributed by atoms with Crippen LogP contribution in [0.2, 0.25) is 0 Å². The van der Waals surface area contributed by atoms with Crippen molar-refractivity contribution in [2.45, 2.75) is 241 Å². The lowest BCUT2D eigenvalue weighted by Crippen LogP contribution is -2.62. The molecule has 2 aromatic heterocycles. The molecule has 47 heteroatoms. The second-order valence-electron chi connectivity index (χ2n) is 32.5. The topological polar surface area (TPSA) is 759 Å². The number of nitrogen functional groups attached to an aromatic ring is 1. The van der Waals surface area contributed by atoms with Crippen LogP contribution in [0.15, 0.2) is 79.0 Å². The van der Waals surface area contributed by atoms with Crippen LogP contribution in [0.1, 0.15) is 164 Å². The quantitative estimate of drug-likeness (QED) is 0.00762. The minimum atomic E-state index is -2.51. The fraction of sp³-hybridized carbons (Fsp3) is 0.500. The lowest BCUT2D eigenvalue weighted by molar-refractivity contribution is -0.156. The number of aromatic nitrogens is 2. The Morgan fingerprint density at radius 1 is 0.541 bits per heavy atom. The molecule has 28 N–H and O–H groups in total. The van der Waals surface area contributed by atoms with Crippen LogP contribution >= 0.6 is 0 Å². The summed E-state index contributed by atoms with van der Waals surface area (Å²) in [7, 11) is 0. The summed E-state index contributed by atoms with van der Waals surface area (Å²) in [5.41, 5.74) is 21.7. The summed E-state index contributed by atoms with van der Waals surface area (Å²) in [5, 5.41) is 86.6. The molecule has 0 bridgehead atoms. The third-order valence-electron chi connectivity index (χ3n) is 21.9. The number of unbranched alkanes of at least 4 members (excludes halogenated alkanes) is 6. The first-order chi connectivity index (χ1) is 63.1. The Hall–Kier alpha value is -14.5. The highest BCUT2D eigenvalue weighted by Gasteiger charge is 2.42. The molecule has 7 rings (SSSR count). The summed E-state index contributed by atoms with van der Waals surface area (Å²) >= 11 is 0. The third kappa shape index (κ3) is 33.4. The van der Waals surface area contributed by atoms with Crippen molar-refractivity contribution in [1.29, 1.82) is 0 Å². The normalized spacial score (nSPS) is 21.2. The minimum Gasteiger partial charge on any atom is -0.481 e. The summed E-state index contributed by atoms with van der Waals surface area (Å²) in [6, 6.07) is -4.93. The molecule has 5 aromatic rings. The smallest absolute Gasteiger partial charge is 0.329 e. The van der Waals surface area contributed by atoms with E-state index < -0.39 is 273 Å². The van der Waals surface area contributed by atoms with Crippen molar-refractivity contribution in [1.82, 2.24) is 89.7 Å². The maximum atomic E-state index is 15.1. The van der Waals surface area contributed by atoms with E-state index in [1.165, 1.54) is 24.3 Å². The van der Waals surface area contributed by atoms with Crippen molar-refractivity contribution in [3.63, 3.8) is 0 Å². The Kier molecular flexibility index (Phi) is 41.1. The van der Waals surface area contributed by atoms with Crippen LogP contribution in [0.5, 0.6) is 0 Å². The van der Waals surface area contributed by atoms with Gasteiger partial charge in [0.1, 0.15) is 72.6 Å². The molecule has 0 radical (unpaired) electrons. The van der Waals surface area contributed by atoms with Crippen LogP contribution < -0.4 is 97.0 Å². The number of hydrogen-bond acceptors (Lipinski definition) is 26. The number of ether oxygens (including phenoxy) is 1. The van der Waals surface area contributed by atoms with Crippen LogP contribution in [0.25, 0.3) is 21.8 Å². The number of primary amides is 1. The predicted molar refractivity (Wildman–Crippen MR) is 469 cm³/mol. The molecular formula is C86H116N20O27. The minimum absolute atomic E-state index is 0.0331. The molecule has 133 heavy (non-hydrogen) atoms. The van der Waals surface area contributed by atoms with Gasteiger partial charge >= 0.3 is 29.8 Å². The number of H-pyrrole nitrogens is 2. The summed E-state index contributed by atoms with van der Waals surface area (Å²) in [6.45, 7) is 1.28. The third-order valence-corrected chi connectivity index (χ3v) is 21.9. The molecule has 1 fully saturated rings. The number of carbonyl (C=O) groups is 21. The summed E-state index contributed by atoms with van der Waals surface area (Å²) < 4.78 is 5.75. The van der Waals surface area contributed by atoms with Crippen molar-refractivity contribution in [2.24, 2.45) is 17.4 Å². The average Bonchev–Trinajstić information content (AvgIpc) is 1.64. The molecule has 15 amide bonds. The number of ketones is 1. The van der Waals surface area contributed by atoms with Gasteiger partial charge in [0, 0.05) is 83.3 Å². The molecule has 4 heterocycles. The fourth-order valence-electron chi connectivity index (χ4n) is 14.8. The number of para-hydroxylation sites is 3. The number of amides is 15. The predicted octanol–water partition coefficient (Wildman–Crippen LogP) is -4.55. The Morgan fingerprint density at radius 3 is 1.74 bits per heavy atom. The number of aromatic amines is 2. The molecule has 2 aliphatic rings. The van der Waals surface area contributed by atoms with E-state index in [-0.39, 0.29) is 49.5 Å². The first-order valence-corrected chi connectivity index (χ1v) is 43.2. The Morgan fingerprint density at radius 2 is 1.11 bits per heavy atom. The zero-order chi connectivity index (χ0) is 97.9. The molecule has 1 saturated heterocycles. The number of fused-ring (bicyclic) bond motifs is 4. The van der Waals surface area contributed by atoms with Gasteiger partial charge in [-0.3, -0.25) is 95.9 Å². The molecule has 0 saturated carbocycles. The molecule has 15 atom stereocenters. The average molecular weight is 1860 g/mol. The summed E-state index contributed by atoms with van der Waals surface area (Å²) in [4.78, 5) is 298. The molecular weight excluding hydrogens is 1750 g/mol. The summed E-state index contributed by atoms with van der Waals surface area (Å²) in [5.74, 6) is -31.0. The van der Waals surface area contributed by atoms with Crippen molar-refractivity contribution >= 4 is 152 Å². The van der Waals surface area contributed by atoms with Crippen LogP contribution in [-0.4, -0.2) is 271 Å². The van der Waals surface area contributed by atoms with Crippen LogP contribution in [0.3, 0.4) is 0 Å². The number of Topliss-reactive ketones (excluding diaryl/α,β-unsaturated/α-hetero) is 1. The number of esters is 1. The SMILES string of the molecule is CCCCCCCCCC(=O)N[C@@H](Cc1c[nH]c2ccccc12)C(=O)N[C@@H](CC(N)=O)C(=O)N[C@@H](CC(=O)O)C(=O)NC1C(=O)NCC(=O)N[C@@H](CCCNC(=O)C(N)C[C@@H]2Cc3c([nH]c4ccccc34)CN2)C(=O)NC(CC(=O)O)C(=O)N[C@H](C)C(=O)N[C@@H](CC(=O)O)C(=O)NCC(=O)N[C@H](CO)C(=O)NC([C@H](C)CC(=O)O)C(=O)N[C@@H](CC(=O)c2ccccc2N)C(=O)OC1C. The highest BCUT2D eigenvalue weighted by molar-refractivity contribution is 6.05. The number of anilines is 1. The maximum Gasteiger partial charge on any atom is 0.329 e. The van der Waals surface area contributed by atoms with Crippen molar-refractivity contribution < 1.29 is 131 Å². The maximum absolute atomic E-state index is 15.1. The Bertz CT molecular complexity index is 5100. The van der Waals surface area contributed by atoms with Gasteiger partial charge in [-0.1, -0.05) is 101 Å². The number of benzene rings is 3. The van der Waals surface area contributed by atoms with E-state index in [2.05, 4.69) is 80.7 Å². The molecule has 47 nitrogen and oxygen atoms in total. The zero-order valence-electron chi connectivity index (χ0n) is 73.6. The molecule has 0 spiro atoms. The zero-order valence-corrected chi connectivity index (χ0v) is 73.6. The van der Waals surface area contributed by atoms with E-state index in [0.717, 1.165) is 75.0 Å². The monoisotopic (exact) mass is 1860 g/mol. The second-order valence-corrected chi connectivity index (χ2v) is 32.5. The van der Waals surface area contributed by atoms with Crippen LogP contribution in [-0.2, 0) is 120 Å². The van der Waals surface area contributed by atoms with Gasteiger partial charge in [0.05, 0.1) is 57.8 Å². The van der Waals surface area contributed by atoms with Crippen molar-refractivity contribution in [2.75, 3.05) is 32.0 Å². The van der Waals surface area contributed by atoms with Gasteiger partial charge in [-0.15, -0.1) is 0 Å². The first kappa shape index (κ1) is 106. The molecule has 3 aromatic carbocycles. The van der Waals surface area contributed by atoms with Gasteiger partial charge < -0.3 is 137 Å². The fourth-order valence-corrected chi connectivity index (χ4v) is 14.8. The number of nitrogens with two attached hydrogens (primary N) is 3. The second kappa shape index (κ2) is 51.8.